The summed E-state index contributed by atoms with van der Waals surface area (Å²) in [6.07, 6.45) is 0.542. The highest BCUT2D eigenvalue weighted by Gasteiger charge is 2.35. The topological polar surface area (TPSA) is 153 Å². The zero-order chi connectivity index (χ0) is 40.4. The van der Waals surface area contributed by atoms with E-state index in [4.69, 9.17) is 18.9 Å². The molecule has 1 atom stereocenters. The number of hydrogen-bond acceptors (Lipinski definition) is 9. The molecule has 0 fully saturated rings. The SMILES string of the molecule is COc1cc(C(=O)N(C)c2ccccc2OCCC(C)CN2C(=O)c3ccccc3C2=O)ccc1NC(=O)c1ccccc1OCCCNC(=O)OC(C)(C)C. The lowest BCUT2D eigenvalue weighted by Gasteiger charge is -2.23. The third-order valence-corrected chi connectivity index (χ3v) is 8.85. The van der Waals surface area contributed by atoms with E-state index in [-0.39, 0.29) is 42.5 Å². The number of alkyl carbamates (subject to hydrolysis) is 1. The first-order valence-corrected chi connectivity index (χ1v) is 18.4. The van der Waals surface area contributed by atoms with Gasteiger partial charge in [0.05, 0.1) is 48.4 Å². The summed E-state index contributed by atoms with van der Waals surface area (Å²) in [4.78, 5) is 67.4. The molecule has 1 aliphatic rings. The van der Waals surface area contributed by atoms with Crippen molar-refractivity contribution in [2.75, 3.05) is 50.7 Å². The molecule has 0 saturated carbocycles. The molecular formula is C43H48N4O9. The maximum atomic E-state index is 13.8. The van der Waals surface area contributed by atoms with Gasteiger partial charge in [-0.15, -0.1) is 0 Å². The normalized spacial score (nSPS) is 12.7. The first-order valence-electron chi connectivity index (χ1n) is 18.4. The van der Waals surface area contributed by atoms with Gasteiger partial charge in [0.25, 0.3) is 23.6 Å². The number of hydrogen-bond donors (Lipinski definition) is 2. The Hall–Kier alpha value is -6.37. The second-order valence-electron chi connectivity index (χ2n) is 14.3. The van der Waals surface area contributed by atoms with E-state index in [1.165, 1.54) is 16.9 Å². The number of carbonyl (C=O) groups excluding carboxylic acids is 5. The molecular weight excluding hydrogens is 716 g/mol. The molecule has 0 bridgehead atoms. The van der Waals surface area contributed by atoms with Gasteiger partial charge in [0.1, 0.15) is 22.8 Å². The monoisotopic (exact) mass is 764 g/mol. The number of amides is 5. The van der Waals surface area contributed by atoms with Gasteiger partial charge in [-0.3, -0.25) is 24.1 Å². The molecule has 5 amide bonds. The zero-order valence-corrected chi connectivity index (χ0v) is 32.5. The second-order valence-corrected chi connectivity index (χ2v) is 14.3. The number of fused-ring (bicyclic) bond motifs is 1. The van der Waals surface area contributed by atoms with Gasteiger partial charge in [-0.2, -0.15) is 0 Å². The Balaban J connectivity index is 1.16. The van der Waals surface area contributed by atoms with Crippen LogP contribution in [0.15, 0.2) is 91.0 Å². The molecule has 0 spiro atoms. The van der Waals surface area contributed by atoms with Crippen molar-refractivity contribution in [3.05, 3.63) is 113 Å². The van der Waals surface area contributed by atoms with Crippen molar-refractivity contribution >= 4 is 41.1 Å². The first-order chi connectivity index (χ1) is 26.8. The Labute approximate surface area is 326 Å². The number of nitrogens with zero attached hydrogens (tertiary/aromatic N) is 2. The molecule has 13 heteroatoms. The summed E-state index contributed by atoms with van der Waals surface area (Å²) in [5, 5.41) is 5.53. The summed E-state index contributed by atoms with van der Waals surface area (Å²) >= 11 is 0. The summed E-state index contributed by atoms with van der Waals surface area (Å²) in [5.41, 5.74) is 1.76. The standard InChI is InChI=1S/C43H48N4O9/c1-28(27-47-40(50)30-14-7-8-15-31(30)41(47)51)22-25-55-36-19-12-10-17-34(36)46(5)39(49)29-20-21-33(37(26-29)53-6)45-38(48)32-16-9-11-18-35(32)54-24-13-23-44-42(52)56-43(2,3)4/h7-12,14-21,26,28H,13,22-25,27H2,1-6H3,(H,44,52)(H,45,48). The molecule has 1 heterocycles. The molecule has 4 aromatic rings. The van der Waals surface area contributed by atoms with E-state index in [0.717, 1.165) is 0 Å². The van der Waals surface area contributed by atoms with Gasteiger partial charge in [0, 0.05) is 25.7 Å². The van der Waals surface area contributed by atoms with E-state index in [2.05, 4.69) is 10.6 Å². The van der Waals surface area contributed by atoms with E-state index in [1.54, 1.807) is 113 Å². The second kappa shape index (κ2) is 18.3. The lowest BCUT2D eigenvalue weighted by molar-refractivity contribution is 0.0523. The van der Waals surface area contributed by atoms with Crippen LogP contribution in [0.4, 0.5) is 16.2 Å². The van der Waals surface area contributed by atoms with Crippen molar-refractivity contribution < 1.29 is 42.9 Å². The highest BCUT2D eigenvalue weighted by Crippen LogP contribution is 2.32. The summed E-state index contributed by atoms with van der Waals surface area (Å²) in [5.74, 6) is -0.241. The number of rotatable bonds is 16. The van der Waals surface area contributed by atoms with Crippen molar-refractivity contribution in [1.29, 1.82) is 0 Å². The van der Waals surface area contributed by atoms with E-state index in [9.17, 15) is 24.0 Å². The van der Waals surface area contributed by atoms with Crippen LogP contribution in [0.2, 0.25) is 0 Å². The molecule has 0 saturated heterocycles. The van der Waals surface area contributed by atoms with Crippen LogP contribution in [0.3, 0.4) is 0 Å². The van der Waals surface area contributed by atoms with Crippen LogP contribution in [0, 0.1) is 5.92 Å². The maximum absolute atomic E-state index is 13.8. The molecule has 1 aliphatic heterocycles. The summed E-state index contributed by atoms with van der Waals surface area (Å²) < 4.78 is 22.8. The predicted molar refractivity (Wildman–Crippen MR) is 212 cm³/mol. The smallest absolute Gasteiger partial charge is 0.407 e. The van der Waals surface area contributed by atoms with Crippen LogP contribution in [-0.2, 0) is 4.74 Å². The minimum Gasteiger partial charge on any atom is -0.495 e. The highest BCUT2D eigenvalue weighted by molar-refractivity contribution is 6.21. The van der Waals surface area contributed by atoms with Gasteiger partial charge in [0.2, 0.25) is 0 Å². The number of para-hydroxylation sites is 3. The van der Waals surface area contributed by atoms with Gasteiger partial charge in [-0.1, -0.05) is 43.3 Å². The van der Waals surface area contributed by atoms with Crippen LogP contribution in [0.1, 0.15) is 82.0 Å². The quantitative estimate of drug-likeness (QED) is 0.0890. The van der Waals surface area contributed by atoms with Crippen molar-refractivity contribution in [2.45, 2.75) is 46.1 Å². The fourth-order valence-electron chi connectivity index (χ4n) is 5.99. The van der Waals surface area contributed by atoms with Gasteiger partial charge in [-0.25, -0.2) is 4.79 Å². The molecule has 1 unspecified atom stereocenters. The van der Waals surface area contributed by atoms with Crippen LogP contribution in [0.25, 0.3) is 0 Å². The number of ether oxygens (including phenoxy) is 4. The fourth-order valence-corrected chi connectivity index (χ4v) is 5.99. The van der Waals surface area contributed by atoms with Crippen LogP contribution in [0.5, 0.6) is 17.2 Å². The van der Waals surface area contributed by atoms with Gasteiger partial charge in [-0.05, 0) is 94.1 Å². The molecule has 2 N–H and O–H groups in total. The van der Waals surface area contributed by atoms with E-state index in [1.807, 2.05) is 13.0 Å². The lowest BCUT2D eigenvalue weighted by Crippen LogP contribution is -2.34. The summed E-state index contributed by atoms with van der Waals surface area (Å²) in [6.45, 7) is 8.47. The fraction of sp³-hybridized carbons (Fsp3) is 0.326. The number of carbonyl (C=O) groups is 5. The van der Waals surface area contributed by atoms with Crippen molar-refractivity contribution in [1.82, 2.24) is 10.2 Å². The third-order valence-electron chi connectivity index (χ3n) is 8.85. The van der Waals surface area contributed by atoms with E-state index < -0.39 is 17.6 Å². The number of nitrogens with one attached hydrogen (secondary N) is 2. The van der Waals surface area contributed by atoms with Crippen LogP contribution >= 0.6 is 0 Å². The predicted octanol–water partition coefficient (Wildman–Crippen LogP) is 7.22. The van der Waals surface area contributed by atoms with Gasteiger partial charge >= 0.3 is 6.09 Å². The number of anilines is 2. The largest absolute Gasteiger partial charge is 0.495 e. The Morgan fingerprint density at radius 3 is 2.11 bits per heavy atom. The average molecular weight is 765 g/mol. The van der Waals surface area contributed by atoms with Gasteiger partial charge in [0.15, 0.2) is 0 Å². The van der Waals surface area contributed by atoms with Crippen molar-refractivity contribution in [3.63, 3.8) is 0 Å². The number of benzene rings is 4. The van der Waals surface area contributed by atoms with Crippen molar-refractivity contribution in [3.8, 4) is 17.2 Å². The van der Waals surface area contributed by atoms with Gasteiger partial charge < -0.3 is 34.5 Å². The summed E-state index contributed by atoms with van der Waals surface area (Å²) in [6, 6.07) is 25.5. The minimum atomic E-state index is -0.594. The molecule has 0 aliphatic carbocycles. The third kappa shape index (κ3) is 10.2. The summed E-state index contributed by atoms with van der Waals surface area (Å²) in [7, 11) is 3.09. The Morgan fingerprint density at radius 2 is 1.43 bits per heavy atom. The molecule has 294 valence electrons. The van der Waals surface area contributed by atoms with Crippen LogP contribution < -0.4 is 29.7 Å². The van der Waals surface area contributed by atoms with E-state index in [0.29, 0.717) is 71.1 Å². The Bertz CT molecular complexity index is 2040. The van der Waals surface area contributed by atoms with E-state index >= 15 is 0 Å². The number of methoxy groups -OCH3 is 1. The molecule has 56 heavy (non-hydrogen) atoms. The minimum absolute atomic E-state index is 0.0315. The zero-order valence-electron chi connectivity index (χ0n) is 32.5. The Morgan fingerprint density at radius 1 is 0.804 bits per heavy atom. The van der Waals surface area contributed by atoms with Crippen LogP contribution in [-0.4, -0.2) is 80.7 Å². The Kier molecular flexibility index (Phi) is 13.3. The molecule has 5 rings (SSSR count). The molecule has 0 radical (unpaired) electrons. The maximum Gasteiger partial charge on any atom is 0.407 e. The highest BCUT2D eigenvalue weighted by atomic mass is 16.6. The molecule has 4 aromatic carbocycles. The number of imide groups is 1. The molecule has 13 nitrogen and oxygen atoms in total. The lowest BCUT2D eigenvalue weighted by atomic mass is 10.1. The molecule has 0 aromatic heterocycles. The van der Waals surface area contributed by atoms with Crippen molar-refractivity contribution in [2.24, 2.45) is 5.92 Å². The first kappa shape index (κ1) is 40.8. The average Bonchev–Trinajstić information content (AvgIpc) is 3.41.